The van der Waals surface area contributed by atoms with Crippen molar-refractivity contribution in [2.75, 3.05) is 44.5 Å². The van der Waals surface area contributed by atoms with Crippen molar-refractivity contribution in [3.63, 3.8) is 0 Å². The first-order chi connectivity index (χ1) is 44.5. The molecule has 7 heterocycles. The van der Waals surface area contributed by atoms with Crippen LogP contribution < -0.4 is 42.2 Å². The Kier molecular flexibility index (Phi) is 20.4. The zero-order chi connectivity index (χ0) is 66.9. The van der Waals surface area contributed by atoms with Crippen molar-refractivity contribution in [2.45, 2.75) is 106 Å². The van der Waals surface area contributed by atoms with E-state index in [1.165, 1.54) is 37.1 Å². The smallest absolute Gasteiger partial charge is 0.409 e. The number of oxazole rings is 1. The number of hydrogen-bond acceptors (Lipinski definition) is 19. The Bertz CT molecular complexity index is 4290. The van der Waals surface area contributed by atoms with Gasteiger partial charge in [0.05, 0.1) is 36.0 Å². The second-order valence-corrected chi connectivity index (χ2v) is 22.1. The largest absolute Gasteiger partial charge is 0.494 e. The van der Waals surface area contributed by atoms with Crippen LogP contribution in [0.1, 0.15) is 102 Å². The van der Waals surface area contributed by atoms with Gasteiger partial charge in [-0.05, 0) is 75.4 Å². The van der Waals surface area contributed by atoms with Crippen LogP contribution in [0.5, 0.6) is 11.5 Å². The van der Waals surface area contributed by atoms with E-state index in [0.29, 0.717) is 80.7 Å². The van der Waals surface area contributed by atoms with Gasteiger partial charge in [-0.2, -0.15) is 5.10 Å². The van der Waals surface area contributed by atoms with Gasteiger partial charge in [0.1, 0.15) is 63.8 Å². The van der Waals surface area contributed by atoms with E-state index >= 15 is 0 Å². The van der Waals surface area contributed by atoms with Crippen molar-refractivity contribution in [3.8, 4) is 23.0 Å². The average Bonchev–Trinajstić information content (AvgIpc) is 1.61. The number of carbonyl (C=O) groups is 9. The molecule has 30 nitrogen and oxygen atoms in total. The third-order valence-corrected chi connectivity index (χ3v) is 15.1. The molecule has 0 unspecified atom stereocenters. The number of pyridine rings is 1. The van der Waals surface area contributed by atoms with Gasteiger partial charge >= 0.3 is 6.09 Å². The van der Waals surface area contributed by atoms with Crippen molar-refractivity contribution in [1.82, 2.24) is 64.3 Å². The lowest BCUT2D eigenvalue weighted by atomic mass is 10.0. The van der Waals surface area contributed by atoms with Crippen molar-refractivity contribution >= 4 is 98.1 Å². The van der Waals surface area contributed by atoms with Gasteiger partial charge < -0.3 is 60.1 Å². The Balaban J connectivity index is 0.865. The number of allylic oxidation sites excluding steroid dienone is 2. The van der Waals surface area contributed by atoms with E-state index < -0.39 is 65.4 Å². The predicted molar refractivity (Wildman–Crippen MR) is 338 cm³/mol. The number of rotatable bonds is 28. The molecule has 2 aromatic carbocycles. The van der Waals surface area contributed by atoms with Crippen molar-refractivity contribution in [1.29, 1.82) is 0 Å². The van der Waals surface area contributed by atoms with Gasteiger partial charge in [-0.15, -0.1) is 0 Å². The number of amides is 9. The summed E-state index contributed by atoms with van der Waals surface area (Å²) in [6, 6.07) is 10.8. The van der Waals surface area contributed by atoms with Crippen LogP contribution in [0.25, 0.3) is 44.6 Å². The highest BCUT2D eigenvalue weighted by atomic mass is 16.6. The molecule has 6 aromatic heterocycles. The van der Waals surface area contributed by atoms with Crippen LogP contribution >= 0.6 is 0 Å². The number of anilines is 2. The molecular weight excluding hydrogens is 1200 g/mol. The highest BCUT2D eigenvalue weighted by Crippen LogP contribution is 2.36. The van der Waals surface area contributed by atoms with E-state index in [4.69, 9.17) is 40.1 Å². The Morgan fingerprint density at radius 1 is 0.817 bits per heavy atom. The van der Waals surface area contributed by atoms with Gasteiger partial charge in [-0.1, -0.05) is 45.1 Å². The maximum absolute atomic E-state index is 14.0. The maximum Gasteiger partial charge on any atom is 0.409 e. The molecule has 486 valence electrons. The summed E-state index contributed by atoms with van der Waals surface area (Å²) in [6.45, 7) is 13.0. The molecule has 0 radical (unpaired) electrons. The fourth-order valence-corrected chi connectivity index (χ4v) is 10.3. The summed E-state index contributed by atoms with van der Waals surface area (Å²) in [6.07, 6.45) is 7.38. The molecule has 2 atom stereocenters. The van der Waals surface area contributed by atoms with E-state index in [0.717, 1.165) is 22.7 Å². The minimum absolute atomic E-state index is 0.00249. The summed E-state index contributed by atoms with van der Waals surface area (Å²) in [5.74, 6) is -4.00. The standard InChI is InChI=1S/C63H71N17O13/c1-10-41-54(93-36(7)68-41)61(88)74-62-71-42-28-38(55(64)84)29-46(52(42)79(62)24-13-12-23-78-53-45(90-9)30-43(56(65)85)70-51(53)40-31-66-57(73-58(40)78)44-27-34(5)75-80(44)11-2)91-26-14-22-76(8)63(89)92-32-37-15-17-39(18-16-37)69-59(86)35(6)67-60(87)50(33(3)4)72-47(81)21-25-77-48(82)19-20-49(77)83/h12-13,15-20,27-31,33,35,50H,10-11,14,21-26,32H2,1-9H3,(H2,64,84)(H2,65,85)(H,67,87)(H,69,86)(H,72,81)(H,71,74,88)/b13-12+/t35-,50-/m0/s1. The number of primary amides is 2. The first kappa shape index (κ1) is 66.1. The molecule has 0 spiro atoms. The molecule has 8 aromatic rings. The predicted octanol–water partition coefficient (Wildman–Crippen LogP) is 5.03. The lowest BCUT2D eigenvalue weighted by molar-refractivity contribution is -0.137. The Morgan fingerprint density at radius 3 is 2.20 bits per heavy atom. The lowest BCUT2D eigenvalue weighted by Crippen LogP contribution is -2.54. The molecule has 0 fully saturated rings. The SMILES string of the molecule is CCc1nc(C)oc1C(=O)Nc1nc2cc(C(N)=O)cc(OCCCN(C)C(=O)OCc3ccc(NC(=O)[C@H](C)NC(=O)[C@@H](NC(=O)CCN4C(=O)C=CC4=O)C(C)C)cc3)c2n1C/C=C/Cn1c2nc(-c3cc(C)nn3CC)ncc2c2nc(C(N)=O)cc(OC)c21. The van der Waals surface area contributed by atoms with Crippen LogP contribution in [0.2, 0.25) is 0 Å². The number of aromatic nitrogens is 9. The van der Waals surface area contributed by atoms with Crippen LogP contribution in [-0.2, 0) is 61.4 Å². The number of fused-ring (bicyclic) bond motifs is 4. The van der Waals surface area contributed by atoms with Gasteiger partial charge in [0, 0.05) is 88.8 Å². The summed E-state index contributed by atoms with van der Waals surface area (Å²) in [7, 11) is 3.02. The molecule has 0 saturated heterocycles. The summed E-state index contributed by atoms with van der Waals surface area (Å²) < 4.78 is 28.9. The molecule has 0 saturated carbocycles. The number of nitrogens with one attached hydrogen (secondary N) is 4. The number of aryl methyl sites for hydroxylation is 4. The molecular formula is C63H71N17O13. The van der Waals surface area contributed by atoms with E-state index in [9.17, 15) is 43.2 Å². The van der Waals surface area contributed by atoms with E-state index in [1.807, 2.05) is 43.6 Å². The molecule has 1 aliphatic heterocycles. The topological polar surface area (TPSA) is 393 Å². The molecule has 30 heteroatoms. The third kappa shape index (κ3) is 15.0. The zero-order valence-corrected chi connectivity index (χ0v) is 52.7. The monoisotopic (exact) mass is 1270 g/mol. The van der Waals surface area contributed by atoms with Crippen LogP contribution in [0.3, 0.4) is 0 Å². The Morgan fingerprint density at radius 2 is 1.54 bits per heavy atom. The number of nitrogens with zero attached hydrogens (tertiary/aromatic N) is 11. The molecule has 1 aliphatic rings. The second kappa shape index (κ2) is 28.7. The summed E-state index contributed by atoms with van der Waals surface area (Å²) in [4.78, 5) is 141. The highest BCUT2D eigenvalue weighted by molar-refractivity contribution is 6.13. The number of hydrogen-bond donors (Lipinski definition) is 6. The summed E-state index contributed by atoms with van der Waals surface area (Å²) in [5.41, 5.74) is 16.5. The van der Waals surface area contributed by atoms with Crippen molar-refractivity contribution < 1.29 is 61.8 Å². The fraction of sp³-hybridized carbons (Fsp3) is 0.349. The normalized spacial score (nSPS) is 12.9. The number of carbonyl (C=O) groups excluding carboxylic acids is 9. The average molecular weight is 1270 g/mol. The summed E-state index contributed by atoms with van der Waals surface area (Å²) in [5, 5.41) is 16.0. The number of imidazole rings is 1. The lowest BCUT2D eigenvalue weighted by Gasteiger charge is -2.24. The zero-order valence-electron chi connectivity index (χ0n) is 52.7. The van der Waals surface area contributed by atoms with Gasteiger partial charge in [-0.3, -0.25) is 53.3 Å². The quantitative estimate of drug-likeness (QED) is 0.0213. The summed E-state index contributed by atoms with van der Waals surface area (Å²) >= 11 is 0. The van der Waals surface area contributed by atoms with Crippen molar-refractivity contribution in [3.05, 3.63) is 119 Å². The first-order valence-corrected chi connectivity index (χ1v) is 29.9. The van der Waals surface area contributed by atoms with Gasteiger partial charge in [-0.25, -0.2) is 29.7 Å². The third-order valence-electron chi connectivity index (χ3n) is 15.1. The molecule has 93 heavy (non-hydrogen) atoms. The number of imide groups is 1. The first-order valence-electron chi connectivity index (χ1n) is 29.9. The van der Waals surface area contributed by atoms with Crippen LogP contribution in [-0.4, -0.2) is 153 Å². The number of benzene rings is 2. The van der Waals surface area contributed by atoms with Crippen molar-refractivity contribution in [2.24, 2.45) is 17.4 Å². The Labute approximate surface area is 532 Å². The van der Waals surface area contributed by atoms with E-state index in [1.54, 1.807) is 67.5 Å². The molecule has 9 rings (SSSR count). The van der Waals surface area contributed by atoms with Gasteiger partial charge in [0.25, 0.3) is 23.6 Å². The molecule has 8 N–H and O–H groups in total. The number of nitrogens with two attached hydrogens (primary N) is 2. The van der Waals surface area contributed by atoms with Gasteiger partial charge in [0.2, 0.25) is 35.3 Å². The minimum Gasteiger partial charge on any atom is -0.494 e. The van der Waals surface area contributed by atoms with E-state index in [2.05, 4.69) is 41.3 Å². The fourth-order valence-electron chi connectivity index (χ4n) is 10.3. The number of ether oxygens (including phenoxy) is 3. The maximum atomic E-state index is 14.0. The number of methoxy groups -OCH3 is 1. The van der Waals surface area contributed by atoms with E-state index in [-0.39, 0.29) is 92.4 Å². The molecule has 9 amide bonds. The van der Waals surface area contributed by atoms with Crippen LogP contribution in [0, 0.1) is 19.8 Å². The highest BCUT2D eigenvalue weighted by Gasteiger charge is 2.30. The Hall–Kier alpha value is -11.3. The molecule has 0 bridgehead atoms. The molecule has 0 aliphatic carbocycles. The van der Waals surface area contributed by atoms with Crippen LogP contribution in [0.15, 0.2) is 83.4 Å². The second-order valence-electron chi connectivity index (χ2n) is 22.1. The minimum atomic E-state index is -1.02. The van der Waals surface area contributed by atoms with Crippen LogP contribution in [0.4, 0.5) is 16.4 Å². The van der Waals surface area contributed by atoms with Gasteiger partial charge in [0.15, 0.2) is 11.7 Å².